The highest BCUT2D eigenvalue weighted by Gasteiger charge is 2.31. The Hall–Kier alpha value is -3.72. The number of ether oxygens (including phenoxy) is 3. The normalized spacial score (nSPS) is 11.7. The molecule has 164 valence electrons. The first kappa shape index (κ1) is 23.6. The van der Waals surface area contributed by atoms with Crippen LogP contribution in [0.1, 0.15) is 27.2 Å². The van der Waals surface area contributed by atoms with E-state index < -0.39 is 35.6 Å². The summed E-state index contributed by atoms with van der Waals surface area (Å²) in [6, 6.07) is 16.0. The molecule has 9 heteroatoms. The van der Waals surface area contributed by atoms with E-state index in [1.54, 1.807) is 36.4 Å². The second kappa shape index (κ2) is 10.9. The Bertz CT molecular complexity index is 907. The van der Waals surface area contributed by atoms with Crippen molar-refractivity contribution in [2.75, 3.05) is 0 Å². The van der Waals surface area contributed by atoms with Crippen molar-refractivity contribution in [2.45, 2.75) is 38.9 Å². The molecular formula is C22H22O9. The van der Waals surface area contributed by atoms with Crippen LogP contribution in [0.5, 0.6) is 11.5 Å². The van der Waals surface area contributed by atoms with Gasteiger partial charge < -0.3 is 14.2 Å². The van der Waals surface area contributed by atoms with Crippen LogP contribution in [-0.2, 0) is 33.7 Å². The number of carbonyl (C=O) groups is 4. The first-order valence-electron chi connectivity index (χ1n) is 9.31. The zero-order chi connectivity index (χ0) is 22.9. The molecule has 0 spiro atoms. The maximum atomic E-state index is 11.9. The lowest BCUT2D eigenvalue weighted by Gasteiger charge is -2.25. The number of benzene rings is 2. The van der Waals surface area contributed by atoms with Crippen molar-refractivity contribution in [3.63, 3.8) is 0 Å². The summed E-state index contributed by atoms with van der Waals surface area (Å²) in [4.78, 5) is 56.7. The number of esters is 3. The summed E-state index contributed by atoms with van der Waals surface area (Å²) in [5.74, 6) is -4.60. The minimum Gasteiger partial charge on any atom is -0.454 e. The quantitative estimate of drug-likeness (QED) is 0.215. The summed E-state index contributed by atoms with van der Waals surface area (Å²) in [5, 5.41) is 0. The van der Waals surface area contributed by atoms with Crippen LogP contribution in [-0.4, -0.2) is 35.6 Å². The van der Waals surface area contributed by atoms with Gasteiger partial charge in [-0.15, -0.1) is 0 Å². The minimum atomic E-state index is -1.35. The number of rotatable bonds is 7. The molecule has 0 radical (unpaired) electrons. The van der Waals surface area contributed by atoms with Crippen LogP contribution in [0.2, 0.25) is 0 Å². The molecule has 0 aliphatic rings. The van der Waals surface area contributed by atoms with Crippen LogP contribution < -0.4 is 9.47 Å². The molecule has 0 amide bonds. The van der Waals surface area contributed by atoms with E-state index in [2.05, 4.69) is 4.89 Å². The Balaban J connectivity index is 1.77. The minimum absolute atomic E-state index is 0.0400. The van der Waals surface area contributed by atoms with Gasteiger partial charge in [0.15, 0.2) is 0 Å². The first-order valence-corrected chi connectivity index (χ1v) is 9.31. The zero-order valence-corrected chi connectivity index (χ0v) is 17.2. The largest absolute Gasteiger partial charge is 0.454 e. The van der Waals surface area contributed by atoms with E-state index in [1.807, 2.05) is 0 Å². The van der Waals surface area contributed by atoms with Crippen molar-refractivity contribution >= 4 is 23.9 Å². The van der Waals surface area contributed by atoms with E-state index in [9.17, 15) is 19.2 Å². The Labute approximate surface area is 178 Å². The van der Waals surface area contributed by atoms with E-state index >= 15 is 0 Å². The maximum absolute atomic E-state index is 11.9. The van der Waals surface area contributed by atoms with Crippen molar-refractivity contribution in [3.05, 3.63) is 60.7 Å². The molecule has 0 saturated heterocycles. The molecule has 0 aliphatic carbocycles. The Morgan fingerprint density at radius 2 is 1.19 bits per heavy atom. The van der Waals surface area contributed by atoms with Gasteiger partial charge >= 0.3 is 23.9 Å². The highest BCUT2D eigenvalue weighted by Crippen LogP contribution is 2.20. The topological polar surface area (TPSA) is 114 Å². The summed E-state index contributed by atoms with van der Waals surface area (Å²) < 4.78 is 14.8. The third-order valence-electron chi connectivity index (χ3n) is 3.67. The second-order valence-electron chi connectivity index (χ2n) is 7.04. The van der Waals surface area contributed by atoms with Gasteiger partial charge in [-0.05, 0) is 45.0 Å². The maximum Gasteiger partial charge on any atom is 0.450 e. The average Bonchev–Trinajstić information content (AvgIpc) is 2.73. The van der Waals surface area contributed by atoms with Gasteiger partial charge in [0, 0.05) is 6.42 Å². The Kier molecular flexibility index (Phi) is 8.27. The van der Waals surface area contributed by atoms with Gasteiger partial charge in [-0.1, -0.05) is 36.4 Å². The summed E-state index contributed by atoms with van der Waals surface area (Å²) in [6.45, 7) is 4.59. The van der Waals surface area contributed by atoms with Gasteiger partial charge in [0.1, 0.15) is 23.2 Å². The highest BCUT2D eigenvalue weighted by molar-refractivity contribution is 6.30. The Morgan fingerprint density at radius 1 is 0.742 bits per heavy atom. The molecule has 2 aromatic carbocycles. The molecule has 1 unspecified atom stereocenters. The number of para-hydroxylation sites is 2. The van der Waals surface area contributed by atoms with Crippen LogP contribution in [0.3, 0.4) is 0 Å². The fourth-order valence-electron chi connectivity index (χ4n) is 2.46. The zero-order valence-electron chi connectivity index (χ0n) is 17.2. The lowest BCUT2D eigenvalue weighted by Crippen LogP contribution is -2.35. The number of carbonyl (C=O) groups excluding carboxylic acids is 4. The van der Waals surface area contributed by atoms with Crippen LogP contribution in [0, 0.1) is 0 Å². The fourth-order valence-corrected chi connectivity index (χ4v) is 2.46. The van der Waals surface area contributed by atoms with E-state index in [4.69, 9.17) is 19.1 Å². The van der Waals surface area contributed by atoms with E-state index in [-0.39, 0.29) is 17.9 Å². The number of hydrogen-bond acceptors (Lipinski definition) is 9. The summed E-state index contributed by atoms with van der Waals surface area (Å²) in [6.07, 6.45) is -0.751. The lowest BCUT2D eigenvalue weighted by molar-refractivity contribution is -0.327. The predicted octanol–water partition coefficient (Wildman–Crippen LogP) is 2.77. The van der Waals surface area contributed by atoms with Crippen LogP contribution in [0.15, 0.2) is 60.7 Å². The molecular weight excluding hydrogens is 408 g/mol. The molecule has 0 N–H and O–H groups in total. The van der Waals surface area contributed by atoms with Crippen molar-refractivity contribution < 1.29 is 43.2 Å². The standard InChI is InChI=1S/C22H22O9/c1-15(27-18(23)19(24)28-16-10-6-4-7-11-16)14-22(2,3)31-30-21(26)20(25)29-17-12-8-5-9-13-17/h4-13,15H,14H2,1-3H3. The van der Waals surface area contributed by atoms with Gasteiger partial charge in [-0.2, -0.15) is 4.89 Å². The van der Waals surface area contributed by atoms with Crippen molar-refractivity contribution in [2.24, 2.45) is 0 Å². The number of hydrogen-bond donors (Lipinski definition) is 0. The smallest absolute Gasteiger partial charge is 0.450 e. The third-order valence-corrected chi connectivity index (χ3v) is 3.67. The van der Waals surface area contributed by atoms with Crippen molar-refractivity contribution in [3.8, 4) is 11.5 Å². The monoisotopic (exact) mass is 430 g/mol. The fraction of sp³-hybridized carbons (Fsp3) is 0.273. The second-order valence-corrected chi connectivity index (χ2v) is 7.04. The van der Waals surface area contributed by atoms with E-state index in [0.29, 0.717) is 0 Å². The molecule has 0 fully saturated rings. The molecule has 0 aliphatic heterocycles. The van der Waals surface area contributed by atoms with Gasteiger partial charge in [0.2, 0.25) is 0 Å². The van der Waals surface area contributed by atoms with Crippen LogP contribution >= 0.6 is 0 Å². The highest BCUT2D eigenvalue weighted by atomic mass is 17.2. The molecule has 0 aromatic heterocycles. The van der Waals surface area contributed by atoms with Crippen molar-refractivity contribution in [1.82, 2.24) is 0 Å². The summed E-state index contributed by atoms with van der Waals surface area (Å²) >= 11 is 0. The van der Waals surface area contributed by atoms with E-state index in [0.717, 1.165) is 0 Å². The summed E-state index contributed by atoms with van der Waals surface area (Å²) in [5.41, 5.74) is -1.15. The van der Waals surface area contributed by atoms with Gasteiger partial charge in [-0.3, -0.25) is 4.89 Å². The van der Waals surface area contributed by atoms with Crippen LogP contribution in [0.4, 0.5) is 0 Å². The molecule has 31 heavy (non-hydrogen) atoms. The van der Waals surface area contributed by atoms with Crippen LogP contribution in [0.25, 0.3) is 0 Å². The molecule has 2 rings (SSSR count). The molecule has 2 aromatic rings. The summed E-state index contributed by atoms with van der Waals surface area (Å²) in [7, 11) is 0. The Morgan fingerprint density at radius 3 is 1.68 bits per heavy atom. The lowest BCUT2D eigenvalue weighted by atomic mass is 10.0. The molecule has 0 saturated carbocycles. The molecule has 0 bridgehead atoms. The SMILES string of the molecule is CC(CC(C)(C)OOC(=O)C(=O)Oc1ccccc1)OC(=O)C(=O)Oc1ccccc1. The van der Waals surface area contributed by atoms with Gasteiger partial charge in [0.05, 0.1) is 0 Å². The van der Waals surface area contributed by atoms with E-state index in [1.165, 1.54) is 45.0 Å². The van der Waals surface area contributed by atoms with Crippen molar-refractivity contribution in [1.29, 1.82) is 0 Å². The average molecular weight is 430 g/mol. The molecule has 0 heterocycles. The first-order chi connectivity index (χ1) is 14.7. The third kappa shape index (κ3) is 8.27. The van der Waals surface area contributed by atoms with Gasteiger partial charge in [0.25, 0.3) is 0 Å². The molecule has 1 atom stereocenters. The predicted molar refractivity (Wildman–Crippen MR) is 106 cm³/mol. The van der Waals surface area contributed by atoms with Gasteiger partial charge in [-0.25, -0.2) is 19.2 Å². The molecule has 9 nitrogen and oxygen atoms in total.